The van der Waals surface area contributed by atoms with E-state index in [0.717, 1.165) is 12.8 Å². The van der Waals surface area contributed by atoms with Crippen LogP contribution in [0.4, 0.5) is 0 Å². The summed E-state index contributed by atoms with van der Waals surface area (Å²) >= 11 is 0. The molecule has 1 fully saturated rings. The molecular formula is C11H17N3O2. The largest absolute Gasteiger partial charge is 0.480 e. The van der Waals surface area contributed by atoms with Crippen LogP contribution in [0.2, 0.25) is 0 Å². The minimum Gasteiger partial charge on any atom is -0.480 e. The van der Waals surface area contributed by atoms with E-state index in [9.17, 15) is 9.90 Å². The Morgan fingerprint density at radius 3 is 3.06 bits per heavy atom. The number of carboxylic acids is 1. The molecule has 2 rings (SSSR count). The molecule has 1 aromatic heterocycles. The van der Waals surface area contributed by atoms with Gasteiger partial charge in [-0.2, -0.15) is 0 Å². The van der Waals surface area contributed by atoms with Crippen LogP contribution in [0.25, 0.3) is 0 Å². The van der Waals surface area contributed by atoms with Gasteiger partial charge in [0.25, 0.3) is 0 Å². The van der Waals surface area contributed by atoms with Crippen LogP contribution < -0.4 is 5.32 Å². The highest BCUT2D eigenvalue weighted by atomic mass is 16.4. The molecule has 0 aliphatic heterocycles. The average molecular weight is 223 g/mol. The van der Waals surface area contributed by atoms with Gasteiger partial charge in [-0.3, -0.25) is 4.79 Å². The number of aliphatic carboxylic acids is 1. The highest BCUT2D eigenvalue weighted by molar-refractivity contribution is 5.79. The van der Waals surface area contributed by atoms with Gasteiger partial charge in [-0.15, -0.1) is 0 Å². The predicted octanol–water partition coefficient (Wildman–Crippen LogP) is 1.04. The Morgan fingerprint density at radius 1 is 1.69 bits per heavy atom. The molecule has 1 aliphatic carbocycles. The monoisotopic (exact) mass is 223 g/mol. The molecule has 0 saturated heterocycles. The molecule has 88 valence electrons. The molecular weight excluding hydrogens is 206 g/mol. The molecule has 1 aromatic rings. The number of carbonyl (C=O) groups is 1. The van der Waals surface area contributed by atoms with Crippen LogP contribution in [0, 0.1) is 0 Å². The average Bonchev–Trinajstić information content (AvgIpc) is 2.82. The summed E-state index contributed by atoms with van der Waals surface area (Å²) in [6.07, 6.45) is 8.66. The number of imidazole rings is 1. The minimum absolute atomic E-state index is 0.236. The van der Waals surface area contributed by atoms with Gasteiger partial charge in [-0.1, -0.05) is 0 Å². The van der Waals surface area contributed by atoms with Gasteiger partial charge in [0.2, 0.25) is 0 Å². The Hall–Kier alpha value is -1.36. The van der Waals surface area contributed by atoms with Crippen LogP contribution in [0.15, 0.2) is 18.7 Å². The zero-order valence-electron chi connectivity index (χ0n) is 9.39. The molecule has 1 heterocycles. The van der Waals surface area contributed by atoms with Crippen molar-refractivity contribution in [1.29, 1.82) is 0 Å². The molecule has 0 bridgehead atoms. The van der Waals surface area contributed by atoms with E-state index in [1.54, 1.807) is 19.6 Å². The second-order valence-corrected chi connectivity index (χ2v) is 4.40. The quantitative estimate of drug-likeness (QED) is 0.803. The number of rotatable bonds is 3. The summed E-state index contributed by atoms with van der Waals surface area (Å²) in [6.45, 7) is 0. The fourth-order valence-electron chi connectivity index (χ4n) is 2.51. The van der Waals surface area contributed by atoms with Crippen LogP contribution in [0.3, 0.4) is 0 Å². The Morgan fingerprint density at radius 2 is 2.50 bits per heavy atom. The first-order chi connectivity index (χ1) is 7.68. The van der Waals surface area contributed by atoms with E-state index >= 15 is 0 Å². The molecule has 2 atom stereocenters. The standard InChI is InChI=1S/C11H17N3O2/c1-12-11(10(15)16)4-2-3-9(7-11)14-6-5-13-8-14/h5-6,8-9,12H,2-4,7H2,1H3,(H,15,16). The van der Waals surface area contributed by atoms with Gasteiger partial charge in [-0.05, 0) is 32.7 Å². The Kier molecular flexibility index (Phi) is 2.96. The van der Waals surface area contributed by atoms with E-state index in [4.69, 9.17) is 0 Å². The van der Waals surface area contributed by atoms with Gasteiger partial charge >= 0.3 is 5.97 Å². The lowest BCUT2D eigenvalue weighted by molar-refractivity contribution is -0.146. The van der Waals surface area contributed by atoms with Crippen molar-refractivity contribution in [3.05, 3.63) is 18.7 Å². The van der Waals surface area contributed by atoms with E-state index in [1.807, 2.05) is 10.8 Å². The fraction of sp³-hybridized carbons (Fsp3) is 0.636. The zero-order valence-corrected chi connectivity index (χ0v) is 9.39. The van der Waals surface area contributed by atoms with Crippen molar-refractivity contribution >= 4 is 5.97 Å². The predicted molar refractivity (Wildman–Crippen MR) is 59.2 cm³/mol. The van der Waals surface area contributed by atoms with Crippen molar-refractivity contribution in [3.8, 4) is 0 Å². The summed E-state index contributed by atoms with van der Waals surface area (Å²) in [5, 5.41) is 12.3. The zero-order chi connectivity index (χ0) is 11.6. The molecule has 5 nitrogen and oxygen atoms in total. The molecule has 2 unspecified atom stereocenters. The third-order valence-corrected chi connectivity index (χ3v) is 3.56. The number of aromatic nitrogens is 2. The van der Waals surface area contributed by atoms with E-state index in [-0.39, 0.29) is 6.04 Å². The first-order valence-electron chi connectivity index (χ1n) is 5.58. The maximum absolute atomic E-state index is 11.3. The van der Waals surface area contributed by atoms with Gasteiger partial charge in [0.1, 0.15) is 5.54 Å². The van der Waals surface area contributed by atoms with E-state index in [2.05, 4.69) is 10.3 Å². The van der Waals surface area contributed by atoms with E-state index in [1.165, 1.54) is 0 Å². The molecule has 0 aromatic carbocycles. The van der Waals surface area contributed by atoms with Crippen molar-refractivity contribution in [2.75, 3.05) is 7.05 Å². The second kappa shape index (κ2) is 4.25. The van der Waals surface area contributed by atoms with Gasteiger partial charge in [-0.25, -0.2) is 4.98 Å². The summed E-state index contributed by atoms with van der Waals surface area (Å²) < 4.78 is 2.01. The van der Waals surface area contributed by atoms with Crippen molar-refractivity contribution in [1.82, 2.24) is 14.9 Å². The van der Waals surface area contributed by atoms with Gasteiger partial charge < -0.3 is 15.0 Å². The van der Waals surface area contributed by atoms with Gasteiger partial charge in [0.15, 0.2) is 0 Å². The van der Waals surface area contributed by atoms with Crippen LogP contribution in [-0.2, 0) is 4.79 Å². The molecule has 5 heteroatoms. The Bertz CT molecular complexity index is 363. The first-order valence-corrected chi connectivity index (χ1v) is 5.58. The third kappa shape index (κ3) is 1.82. The Labute approximate surface area is 94.5 Å². The number of nitrogens with zero attached hydrogens (tertiary/aromatic N) is 2. The van der Waals surface area contributed by atoms with Gasteiger partial charge in [0, 0.05) is 18.4 Å². The summed E-state index contributed by atoms with van der Waals surface area (Å²) in [7, 11) is 1.73. The third-order valence-electron chi connectivity index (χ3n) is 3.56. The second-order valence-electron chi connectivity index (χ2n) is 4.40. The highest BCUT2D eigenvalue weighted by Crippen LogP contribution is 2.35. The minimum atomic E-state index is -0.771. The van der Waals surface area contributed by atoms with Gasteiger partial charge in [0.05, 0.1) is 6.33 Å². The van der Waals surface area contributed by atoms with Crippen molar-refractivity contribution in [2.45, 2.75) is 37.3 Å². The molecule has 0 spiro atoms. The van der Waals surface area contributed by atoms with Crippen LogP contribution >= 0.6 is 0 Å². The summed E-state index contributed by atoms with van der Waals surface area (Å²) in [4.78, 5) is 15.3. The lowest BCUT2D eigenvalue weighted by atomic mass is 9.79. The maximum atomic E-state index is 11.3. The summed E-state index contributed by atoms with van der Waals surface area (Å²) in [6, 6.07) is 0.236. The van der Waals surface area contributed by atoms with Crippen molar-refractivity contribution in [2.24, 2.45) is 0 Å². The van der Waals surface area contributed by atoms with Crippen LogP contribution in [0.1, 0.15) is 31.7 Å². The SMILES string of the molecule is CNC1(C(=O)O)CCCC(n2ccnc2)C1. The summed E-state index contributed by atoms with van der Waals surface area (Å²) in [5.74, 6) is -0.750. The van der Waals surface area contributed by atoms with E-state index < -0.39 is 11.5 Å². The maximum Gasteiger partial charge on any atom is 0.323 e. The lowest BCUT2D eigenvalue weighted by Gasteiger charge is -2.37. The number of likely N-dealkylation sites (N-methyl/N-ethyl adjacent to an activating group) is 1. The number of hydrogen-bond acceptors (Lipinski definition) is 3. The highest BCUT2D eigenvalue weighted by Gasteiger charge is 2.42. The van der Waals surface area contributed by atoms with Crippen molar-refractivity contribution < 1.29 is 9.90 Å². The first kappa shape index (κ1) is 11.1. The molecule has 1 aliphatic rings. The van der Waals surface area contributed by atoms with Crippen LogP contribution in [-0.4, -0.2) is 33.2 Å². The normalized spacial score (nSPS) is 30.2. The Balaban J connectivity index is 2.18. The van der Waals surface area contributed by atoms with Crippen LogP contribution in [0.5, 0.6) is 0 Å². The number of hydrogen-bond donors (Lipinski definition) is 2. The topological polar surface area (TPSA) is 67.2 Å². The molecule has 0 radical (unpaired) electrons. The summed E-state index contributed by atoms with van der Waals surface area (Å²) in [5.41, 5.74) is -0.771. The lowest BCUT2D eigenvalue weighted by Crippen LogP contribution is -2.53. The molecule has 2 N–H and O–H groups in total. The number of nitrogens with one attached hydrogen (secondary N) is 1. The fourth-order valence-corrected chi connectivity index (χ4v) is 2.51. The molecule has 1 saturated carbocycles. The molecule has 16 heavy (non-hydrogen) atoms. The smallest absolute Gasteiger partial charge is 0.323 e. The number of carboxylic acid groups (broad SMARTS) is 1. The van der Waals surface area contributed by atoms with E-state index in [0.29, 0.717) is 12.8 Å². The van der Waals surface area contributed by atoms with Crippen molar-refractivity contribution in [3.63, 3.8) is 0 Å². The molecule has 0 amide bonds.